The molecular formula is C16H23NO5S. The molecule has 1 aliphatic rings. The molecule has 1 aromatic carbocycles. The van der Waals surface area contributed by atoms with Crippen LogP contribution < -0.4 is 0 Å². The van der Waals surface area contributed by atoms with Crippen molar-refractivity contribution in [3.05, 3.63) is 29.8 Å². The molecule has 1 aromatic rings. The Morgan fingerprint density at radius 1 is 1.39 bits per heavy atom. The van der Waals surface area contributed by atoms with Crippen LogP contribution >= 0.6 is 0 Å². The van der Waals surface area contributed by atoms with Crippen LogP contribution in [0.1, 0.15) is 31.2 Å². The maximum atomic E-state index is 12.1. The number of hydrogen-bond donors (Lipinski definition) is 1. The van der Waals surface area contributed by atoms with Crippen LogP contribution in [0.15, 0.2) is 29.2 Å². The van der Waals surface area contributed by atoms with Gasteiger partial charge in [0.15, 0.2) is 0 Å². The lowest BCUT2D eigenvalue weighted by atomic mass is 9.94. The lowest BCUT2D eigenvalue weighted by molar-refractivity contribution is 0.117. The van der Waals surface area contributed by atoms with E-state index in [1.54, 1.807) is 25.1 Å². The minimum Gasteiger partial charge on any atom is -0.465 e. The standard InChI is InChI=1S/C16H23NO5S/c1-13-6-2-3-9-15(13)23(20,21)22-11-5-8-14-7-4-10-17(12-14)16(18)19/h2-3,6,9,14H,4-5,7-8,10-12H2,1H3,(H,18,19). The second-order valence-corrected chi connectivity index (χ2v) is 7.50. The fourth-order valence-electron chi connectivity index (χ4n) is 2.92. The van der Waals surface area contributed by atoms with Gasteiger partial charge >= 0.3 is 6.09 Å². The maximum Gasteiger partial charge on any atom is 0.407 e. The quantitative estimate of drug-likeness (QED) is 0.635. The van der Waals surface area contributed by atoms with Crippen molar-refractivity contribution >= 4 is 16.2 Å². The number of carbonyl (C=O) groups is 1. The zero-order valence-corrected chi connectivity index (χ0v) is 14.1. The monoisotopic (exact) mass is 341 g/mol. The maximum absolute atomic E-state index is 12.1. The highest BCUT2D eigenvalue weighted by atomic mass is 32.2. The molecule has 0 aromatic heterocycles. The van der Waals surface area contributed by atoms with Crippen molar-refractivity contribution < 1.29 is 22.5 Å². The van der Waals surface area contributed by atoms with Crippen molar-refractivity contribution in [3.8, 4) is 0 Å². The van der Waals surface area contributed by atoms with Crippen LogP contribution in [-0.4, -0.2) is 44.2 Å². The van der Waals surface area contributed by atoms with Crippen LogP contribution in [-0.2, 0) is 14.3 Å². The molecule has 1 N–H and O–H groups in total. The zero-order valence-electron chi connectivity index (χ0n) is 13.3. The van der Waals surface area contributed by atoms with E-state index in [1.165, 1.54) is 11.0 Å². The third kappa shape index (κ3) is 4.94. The van der Waals surface area contributed by atoms with Gasteiger partial charge in [-0.15, -0.1) is 0 Å². The van der Waals surface area contributed by atoms with E-state index in [9.17, 15) is 13.2 Å². The molecule has 0 radical (unpaired) electrons. The molecule has 1 atom stereocenters. The van der Waals surface area contributed by atoms with Gasteiger partial charge in [0, 0.05) is 13.1 Å². The van der Waals surface area contributed by atoms with Gasteiger partial charge in [-0.25, -0.2) is 4.79 Å². The Hall–Kier alpha value is -1.60. The number of amides is 1. The number of hydrogen-bond acceptors (Lipinski definition) is 4. The minimum atomic E-state index is -3.72. The summed E-state index contributed by atoms with van der Waals surface area (Å²) in [4.78, 5) is 12.6. The Morgan fingerprint density at radius 2 is 2.13 bits per heavy atom. The first kappa shape index (κ1) is 17.7. The van der Waals surface area contributed by atoms with Crippen molar-refractivity contribution in [2.75, 3.05) is 19.7 Å². The number of likely N-dealkylation sites (tertiary alicyclic amines) is 1. The van der Waals surface area contributed by atoms with E-state index >= 15 is 0 Å². The van der Waals surface area contributed by atoms with Crippen LogP contribution in [0.25, 0.3) is 0 Å². The van der Waals surface area contributed by atoms with E-state index < -0.39 is 16.2 Å². The average molecular weight is 341 g/mol. The highest BCUT2D eigenvalue weighted by Gasteiger charge is 2.23. The lowest BCUT2D eigenvalue weighted by Gasteiger charge is -2.30. The van der Waals surface area contributed by atoms with Gasteiger partial charge in [0.05, 0.1) is 11.5 Å². The van der Waals surface area contributed by atoms with Crippen molar-refractivity contribution in [1.82, 2.24) is 4.90 Å². The fraction of sp³-hybridized carbons (Fsp3) is 0.562. The first-order valence-corrected chi connectivity index (χ1v) is 9.24. The summed E-state index contributed by atoms with van der Waals surface area (Å²) in [5, 5.41) is 9.01. The third-order valence-electron chi connectivity index (χ3n) is 4.15. The van der Waals surface area contributed by atoms with Gasteiger partial charge in [0.2, 0.25) is 0 Å². The second kappa shape index (κ2) is 7.79. The van der Waals surface area contributed by atoms with E-state index in [4.69, 9.17) is 9.29 Å². The van der Waals surface area contributed by atoms with Crippen molar-refractivity contribution in [2.45, 2.75) is 37.5 Å². The molecular weight excluding hydrogens is 318 g/mol. The number of piperidine rings is 1. The molecule has 7 heteroatoms. The summed E-state index contributed by atoms with van der Waals surface area (Å²) in [6, 6.07) is 6.73. The molecule has 1 aliphatic heterocycles. The van der Waals surface area contributed by atoms with E-state index in [1.807, 2.05) is 0 Å². The lowest BCUT2D eigenvalue weighted by Crippen LogP contribution is -2.39. The number of rotatable bonds is 6. The van der Waals surface area contributed by atoms with Crippen LogP contribution in [0.2, 0.25) is 0 Å². The Kier molecular flexibility index (Phi) is 6.01. The van der Waals surface area contributed by atoms with E-state index in [0.717, 1.165) is 19.3 Å². The summed E-state index contributed by atoms with van der Waals surface area (Å²) in [6.45, 7) is 2.98. The number of benzene rings is 1. The number of aryl methyl sites for hydroxylation is 1. The highest BCUT2D eigenvalue weighted by Crippen LogP contribution is 2.22. The fourth-order valence-corrected chi connectivity index (χ4v) is 4.09. The van der Waals surface area contributed by atoms with E-state index in [-0.39, 0.29) is 17.4 Å². The predicted molar refractivity (Wildman–Crippen MR) is 85.9 cm³/mol. The predicted octanol–water partition coefficient (Wildman–Crippen LogP) is 2.87. The summed E-state index contributed by atoms with van der Waals surface area (Å²) in [6.07, 6.45) is 2.33. The van der Waals surface area contributed by atoms with Crippen LogP contribution in [0.4, 0.5) is 4.79 Å². The smallest absolute Gasteiger partial charge is 0.407 e. The van der Waals surface area contributed by atoms with Gasteiger partial charge in [-0.2, -0.15) is 8.42 Å². The second-order valence-electron chi connectivity index (χ2n) is 5.92. The first-order valence-electron chi connectivity index (χ1n) is 7.83. The molecule has 1 saturated heterocycles. The molecule has 0 bridgehead atoms. The molecule has 23 heavy (non-hydrogen) atoms. The van der Waals surface area contributed by atoms with Crippen molar-refractivity contribution in [3.63, 3.8) is 0 Å². The molecule has 1 amide bonds. The summed E-state index contributed by atoms with van der Waals surface area (Å²) < 4.78 is 29.4. The molecule has 1 heterocycles. The molecule has 0 spiro atoms. The molecule has 1 unspecified atom stereocenters. The van der Waals surface area contributed by atoms with Gasteiger partial charge in [0.25, 0.3) is 10.1 Å². The van der Waals surface area contributed by atoms with Crippen LogP contribution in [0, 0.1) is 12.8 Å². The van der Waals surface area contributed by atoms with E-state index in [2.05, 4.69) is 0 Å². The molecule has 0 saturated carbocycles. The normalized spacial score (nSPS) is 18.8. The van der Waals surface area contributed by atoms with E-state index in [0.29, 0.717) is 25.1 Å². The highest BCUT2D eigenvalue weighted by molar-refractivity contribution is 7.86. The summed E-state index contributed by atoms with van der Waals surface area (Å²) >= 11 is 0. The Labute approximate surface area is 137 Å². The van der Waals surface area contributed by atoms with Gasteiger partial charge in [-0.05, 0) is 50.2 Å². The van der Waals surface area contributed by atoms with Crippen molar-refractivity contribution in [1.29, 1.82) is 0 Å². The first-order chi connectivity index (χ1) is 10.9. The Morgan fingerprint density at radius 3 is 2.83 bits per heavy atom. The van der Waals surface area contributed by atoms with Crippen LogP contribution in [0.5, 0.6) is 0 Å². The largest absolute Gasteiger partial charge is 0.465 e. The van der Waals surface area contributed by atoms with Gasteiger partial charge in [-0.3, -0.25) is 4.18 Å². The molecule has 2 rings (SSSR count). The minimum absolute atomic E-state index is 0.125. The summed E-state index contributed by atoms with van der Waals surface area (Å²) in [5.74, 6) is 0.282. The number of carboxylic acid groups (broad SMARTS) is 1. The van der Waals surface area contributed by atoms with Crippen LogP contribution in [0.3, 0.4) is 0 Å². The molecule has 6 nitrogen and oxygen atoms in total. The number of nitrogens with zero attached hydrogens (tertiary/aromatic N) is 1. The molecule has 128 valence electrons. The van der Waals surface area contributed by atoms with Gasteiger partial charge in [0.1, 0.15) is 0 Å². The topological polar surface area (TPSA) is 83.9 Å². The summed E-state index contributed by atoms with van der Waals surface area (Å²) in [7, 11) is -3.72. The third-order valence-corrected chi connectivity index (χ3v) is 5.62. The van der Waals surface area contributed by atoms with Gasteiger partial charge in [-0.1, -0.05) is 18.2 Å². The SMILES string of the molecule is Cc1ccccc1S(=O)(=O)OCCCC1CCCN(C(=O)O)C1. The average Bonchev–Trinajstić information content (AvgIpc) is 2.52. The molecule has 1 fully saturated rings. The molecule has 0 aliphatic carbocycles. The zero-order chi connectivity index (χ0) is 16.9. The Bertz CT molecular complexity index is 644. The summed E-state index contributed by atoms with van der Waals surface area (Å²) in [5.41, 5.74) is 0.664. The van der Waals surface area contributed by atoms with Crippen molar-refractivity contribution in [2.24, 2.45) is 5.92 Å². The van der Waals surface area contributed by atoms with Gasteiger partial charge < -0.3 is 10.0 Å². The Balaban J connectivity index is 1.79.